The van der Waals surface area contributed by atoms with Gasteiger partial charge in [0, 0.05) is 0 Å². The number of benzene rings is 2. The third-order valence-electron chi connectivity index (χ3n) is 2.43. The molecule has 11 heteroatoms. The van der Waals surface area contributed by atoms with Crippen LogP contribution in [-0.4, -0.2) is 17.5 Å². The van der Waals surface area contributed by atoms with Crippen molar-refractivity contribution in [3.05, 3.63) is 71.8 Å². The molecule has 0 spiro atoms. The van der Waals surface area contributed by atoms with Gasteiger partial charge < -0.3 is 9.11 Å². The molecule has 2 rings (SSSR count). The second-order valence-corrected chi connectivity index (χ2v) is 8.87. The van der Waals surface area contributed by atoms with Crippen molar-refractivity contribution in [2.75, 3.05) is 0 Å². The van der Waals surface area contributed by atoms with Gasteiger partial charge in [-0.15, -0.1) is 0 Å². The van der Waals surface area contributed by atoms with Gasteiger partial charge in [0.2, 0.25) is 0 Å². The van der Waals surface area contributed by atoms with Crippen LogP contribution in [-0.2, 0) is 78.8 Å². The van der Waals surface area contributed by atoms with E-state index in [0.717, 1.165) is 11.1 Å². The Labute approximate surface area is 167 Å². The average molecular weight is 465 g/mol. The van der Waals surface area contributed by atoms with Gasteiger partial charge in [-0.05, 0) is 33.5 Å². The molecule has 0 fully saturated rings. The van der Waals surface area contributed by atoms with Crippen LogP contribution in [0, 0.1) is 0 Å². The van der Waals surface area contributed by atoms with Crippen LogP contribution in [0.4, 0.5) is 0 Å². The van der Waals surface area contributed by atoms with E-state index < -0.39 is 18.1 Å². The summed E-state index contributed by atoms with van der Waals surface area (Å²) in [5, 5.41) is 0. The maximum atomic E-state index is 10.4. The van der Waals surface area contributed by atoms with Crippen LogP contribution in [0.1, 0.15) is 11.1 Å². The average Bonchev–Trinajstić information content (AvgIpc) is 2.52. The van der Waals surface area contributed by atoms with Gasteiger partial charge in [-0.2, -0.15) is 0 Å². The van der Waals surface area contributed by atoms with Crippen molar-refractivity contribution >= 4 is 40.5 Å². The second kappa shape index (κ2) is 12.0. The van der Waals surface area contributed by atoms with Crippen molar-refractivity contribution in [1.29, 1.82) is 0 Å². The largest absolute Gasteiger partial charge is 2.00 e. The molecular weight excluding hydrogens is 451 g/mol. The van der Waals surface area contributed by atoms with E-state index in [1.807, 2.05) is 12.1 Å². The first-order valence-corrected chi connectivity index (χ1v) is 11.1. The summed E-state index contributed by atoms with van der Waals surface area (Å²) < 4.78 is 50.4. The zero-order valence-corrected chi connectivity index (χ0v) is 16.9. The molecule has 0 amide bonds. The van der Waals surface area contributed by atoms with E-state index in [1.54, 1.807) is 48.5 Å². The summed E-state index contributed by atoms with van der Waals surface area (Å²) in [6.45, 7) is 0.0132. The van der Waals surface area contributed by atoms with Crippen LogP contribution in [0.2, 0.25) is 0 Å². The van der Waals surface area contributed by atoms with E-state index in [-0.39, 0.29) is 30.0 Å². The minimum absolute atomic E-state index is 0. The molecule has 2 aromatic carbocycles. The van der Waals surface area contributed by atoms with E-state index in [4.69, 9.17) is 0 Å². The topological polar surface area (TPSA) is 98.7 Å². The Morgan fingerprint density at radius 3 is 1.24 bits per heavy atom. The first-order valence-electron chi connectivity index (χ1n) is 6.44. The van der Waals surface area contributed by atoms with Crippen molar-refractivity contribution in [3.8, 4) is 0 Å². The van der Waals surface area contributed by atoms with Crippen molar-refractivity contribution in [2.24, 2.45) is 0 Å². The molecule has 0 aliphatic carbocycles. The SMILES string of the molecule is O=S([O-])(=S)OCc1ccccc1.O=S([O-])(=S)OCc1ccccc1.[Co+2]. The second-order valence-electron chi connectivity index (χ2n) is 4.31. The predicted octanol–water partition coefficient (Wildman–Crippen LogP) is 1.99. The van der Waals surface area contributed by atoms with E-state index in [0.29, 0.717) is 0 Å². The predicted molar refractivity (Wildman–Crippen MR) is 95.0 cm³/mol. The van der Waals surface area contributed by atoms with E-state index in [2.05, 4.69) is 30.7 Å². The number of hydrogen-bond donors (Lipinski definition) is 0. The van der Waals surface area contributed by atoms with Crippen LogP contribution in [0.3, 0.4) is 0 Å². The molecule has 2 atom stereocenters. The molecule has 1 radical (unpaired) electrons. The summed E-state index contributed by atoms with van der Waals surface area (Å²) in [7, 11) is -7.48. The molecule has 25 heavy (non-hydrogen) atoms. The summed E-state index contributed by atoms with van der Waals surface area (Å²) in [6.07, 6.45) is 0. The maximum Gasteiger partial charge on any atom is 2.00 e. The Balaban J connectivity index is 0.000000443. The van der Waals surface area contributed by atoms with E-state index in [9.17, 15) is 17.5 Å². The molecular formula is C14H14CoO6S4. The van der Waals surface area contributed by atoms with Gasteiger partial charge in [-0.1, -0.05) is 60.7 Å². The Morgan fingerprint density at radius 1 is 0.720 bits per heavy atom. The van der Waals surface area contributed by atoms with Gasteiger partial charge in [0.05, 0.1) is 31.3 Å². The van der Waals surface area contributed by atoms with Gasteiger partial charge in [-0.3, -0.25) is 8.37 Å². The minimum Gasteiger partial charge on any atom is -0.748 e. The Bertz CT molecular complexity index is 739. The van der Waals surface area contributed by atoms with Gasteiger partial charge >= 0.3 is 16.8 Å². The fourth-order valence-electron chi connectivity index (χ4n) is 1.43. The van der Waals surface area contributed by atoms with Gasteiger partial charge in [0.15, 0.2) is 0 Å². The molecule has 0 saturated heterocycles. The summed E-state index contributed by atoms with van der Waals surface area (Å²) in [5.41, 5.74) is 1.57. The third kappa shape index (κ3) is 14.4. The zero-order chi connectivity index (χ0) is 18.1. The van der Waals surface area contributed by atoms with Crippen LogP contribution in [0.5, 0.6) is 0 Å². The zero-order valence-electron chi connectivity index (χ0n) is 12.6. The number of rotatable bonds is 6. The fraction of sp³-hybridized carbons (Fsp3) is 0.143. The van der Waals surface area contributed by atoms with Crippen LogP contribution >= 0.6 is 0 Å². The maximum absolute atomic E-state index is 10.4. The molecule has 6 nitrogen and oxygen atoms in total. The molecule has 0 aliphatic rings. The summed E-state index contributed by atoms with van der Waals surface area (Å²) in [5.74, 6) is 0. The molecule has 0 N–H and O–H groups in total. The Hall–Kier alpha value is -0.474. The molecule has 0 aliphatic heterocycles. The summed E-state index contributed by atoms with van der Waals surface area (Å²) in [4.78, 5) is 0. The molecule has 0 bridgehead atoms. The minimum atomic E-state index is -3.74. The molecule has 139 valence electrons. The summed E-state index contributed by atoms with van der Waals surface area (Å²) in [6, 6.07) is 17.9. The van der Waals surface area contributed by atoms with Crippen molar-refractivity contribution in [1.82, 2.24) is 0 Å². The van der Waals surface area contributed by atoms with Gasteiger partial charge in [0.1, 0.15) is 0 Å². The first-order chi connectivity index (χ1) is 11.2. The third-order valence-corrected chi connectivity index (χ3v) is 3.82. The van der Waals surface area contributed by atoms with Crippen molar-refractivity contribution in [2.45, 2.75) is 13.2 Å². The Kier molecular flexibility index (Phi) is 11.8. The quantitative estimate of drug-likeness (QED) is 0.639. The Morgan fingerprint density at radius 2 is 1.00 bits per heavy atom. The van der Waals surface area contributed by atoms with E-state index in [1.165, 1.54) is 0 Å². The molecule has 2 aromatic rings. The van der Waals surface area contributed by atoms with Crippen molar-refractivity contribution in [3.63, 3.8) is 0 Å². The summed E-state index contributed by atoms with van der Waals surface area (Å²) >= 11 is 8.07. The standard InChI is InChI=1S/2C7H8O3S2.Co/c2*8-12(9,11)10-6-7-4-2-1-3-5-7;/h2*1-5H,6H2,(H,8,9,11);/q;;+2/p-2. The van der Waals surface area contributed by atoms with Crippen LogP contribution < -0.4 is 0 Å². The van der Waals surface area contributed by atoms with E-state index >= 15 is 0 Å². The molecule has 2 unspecified atom stereocenters. The monoisotopic (exact) mass is 465 g/mol. The number of hydrogen-bond acceptors (Lipinski definition) is 8. The van der Waals surface area contributed by atoms with Crippen molar-refractivity contribution < 1.29 is 42.7 Å². The fourth-order valence-corrected chi connectivity index (χ4v) is 2.28. The van der Waals surface area contributed by atoms with Gasteiger partial charge in [0.25, 0.3) is 0 Å². The smallest absolute Gasteiger partial charge is 0.748 e. The molecule has 0 heterocycles. The first kappa shape index (κ1) is 24.5. The van der Waals surface area contributed by atoms with Gasteiger partial charge in [-0.25, -0.2) is 8.42 Å². The molecule has 0 saturated carbocycles. The van der Waals surface area contributed by atoms with Crippen LogP contribution in [0.15, 0.2) is 60.7 Å². The van der Waals surface area contributed by atoms with Crippen LogP contribution in [0.25, 0.3) is 0 Å². The molecule has 0 aromatic heterocycles. The normalized spacial score (nSPS) is 14.8.